The summed E-state index contributed by atoms with van der Waals surface area (Å²) in [6.07, 6.45) is 1.85. The average molecular weight is 353 g/mol. The van der Waals surface area contributed by atoms with Crippen molar-refractivity contribution in [1.29, 1.82) is 0 Å². The van der Waals surface area contributed by atoms with Crippen LogP contribution in [0.4, 0.5) is 5.69 Å². The summed E-state index contributed by atoms with van der Waals surface area (Å²) < 4.78 is 11.3. The van der Waals surface area contributed by atoms with Crippen LogP contribution in [0.15, 0.2) is 24.3 Å². The molecule has 2 saturated heterocycles. The molecule has 6 heteroatoms. The summed E-state index contributed by atoms with van der Waals surface area (Å²) in [5, 5.41) is 0.738. The fourth-order valence-electron chi connectivity index (χ4n) is 3.21. The van der Waals surface area contributed by atoms with Gasteiger partial charge in [0, 0.05) is 43.5 Å². The molecule has 2 heterocycles. The molecule has 3 rings (SSSR count). The van der Waals surface area contributed by atoms with Crippen molar-refractivity contribution in [3.8, 4) is 0 Å². The first kappa shape index (κ1) is 17.5. The number of halogens is 1. The molecule has 1 aromatic carbocycles. The number of piperazine rings is 1. The molecule has 1 aromatic rings. The van der Waals surface area contributed by atoms with E-state index in [0.29, 0.717) is 19.7 Å². The van der Waals surface area contributed by atoms with E-state index in [4.69, 9.17) is 21.1 Å². The van der Waals surface area contributed by atoms with Gasteiger partial charge in [-0.3, -0.25) is 4.79 Å². The molecule has 2 aliphatic heterocycles. The van der Waals surface area contributed by atoms with Gasteiger partial charge in [-0.25, -0.2) is 0 Å². The van der Waals surface area contributed by atoms with Crippen LogP contribution < -0.4 is 4.90 Å². The third-order valence-electron chi connectivity index (χ3n) is 4.67. The largest absolute Gasteiger partial charge is 0.376 e. The first-order valence-corrected chi connectivity index (χ1v) is 9.04. The predicted octanol–water partition coefficient (Wildman–Crippen LogP) is 2.57. The van der Waals surface area contributed by atoms with Crippen molar-refractivity contribution >= 4 is 23.2 Å². The molecule has 2 atom stereocenters. The fourth-order valence-corrected chi connectivity index (χ4v) is 3.40. The molecule has 0 aliphatic carbocycles. The summed E-state index contributed by atoms with van der Waals surface area (Å²) >= 11 is 6.06. The number of anilines is 1. The third kappa shape index (κ3) is 4.41. The maximum Gasteiger partial charge on any atom is 0.251 e. The predicted molar refractivity (Wildman–Crippen MR) is 94.6 cm³/mol. The lowest BCUT2D eigenvalue weighted by Gasteiger charge is -2.37. The standard InChI is InChI=1S/C18H25ClN2O3/c1-14(24-13-17-6-3-11-23-17)18(22)21-9-7-20(8-10-21)16-5-2-4-15(19)12-16/h2,4-5,12,14,17H,3,6-11,13H2,1H3/t14-,17-/m0/s1. The molecule has 24 heavy (non-hydrogen) atoms. The summed E-state index contributed by atoms with van der Waals surface area (Å²) in [4.78, 5) is 16.7. The van der Waals surface area contributed by atoms with Crippen molar-refractivity contribution in [1.82, 2.24) is 4.90 Å². The molecule has 0 radical (unpaired) electrons. The minimum Gasteiger partial charge on any atom is -0.376 e. The highest BCUT2D eigenvalue weighted by molar-refractivity contribution is 6.30. The van der Waals surface area contributed by atoms with Crippen LogP contribution in [0.2, 0.25) is 5.02 Å². The number of carbonyl (C=O) groups is 1. The van der Waals surface area contributed by atoms with E-state index in [1.54, 1.807) is 0 Å². The lowest BCUT2D eigenvalue weighted by Crippen LogP contribution is -2.51. The molecule has 0 saturated carbocycles. The van der Waals surface area contributed by atoms with Crippen LogP contribution in [-0.2, 0) is 14.3 Å². The van der Waals surface area contributed by atoms with Gasteiger partial charge in [0.2, 0.25) is 0 Å². The lowest BCUT2D eigenvalue weighted by atomic mass is 10.2. The number of hydrogen-bond donors (Lipinski definition) is 0. The van der Waals surface area contributed by atoms with Crippen molar-refractivity contribution in [2.75, 3.05) is 44.3 Å². The molecule has 0 aromatic heterocycles. The van der Waals surface area contributed by atoms with Gasteiger partial charge in [-0.1, -0.05) is 17.7 Å². The minimum absolute atomic E-state index is 0.0683. The van der Waals surface area contributed by atoms with Gasteiger partial charge in [-0.15, -0.1) is 0 Å². The highest BCUT2D eigenvalue weighted by Gasteiger charge is 2.26. The zero-order valence-corrected chi connectivity index (χ0v) is 14.9. The topological polar surface area (TPSA) is 42.0 Å². The Morgan fingerprint density at radius 3 is 2.83 bits per heavy atom. The lowest BCUT2D eigenvalue weighted by molar-refractivity contribution is -0.144. The van der Waals surface area contributed by atoms with Crippen LogP contribution in [0.3, 0.4) is 0 Å². The van der Waals surface area contributed by atoms with Crippen molar-refractivity contribution < 1.29 is 14.3 Å². The maximum absolute atomic E-state index is 12.5. The minimum atomic E-state index is -0.410. The van der Waals surface area contributed by atoms with Crippen molar-refractivity contribution in [3.05, 3.63) is 29.3 Å². The van der Waals surface area contributed by atoms with Gasteiger partial charge >= 0.3 is 0 Å². The van der Waals surface area contributed by atoms with Gasteiger partial charge in [-0.2, -0.15) is 0 Å². The number of hydrogen-bond acceptors (Lipinski definition) is 4. The van der Waals surface area contributed by atoms with Crippen molar-refractivity contribution in [2.45, 2.75) is 32.0 Å². The second kappa shape index (κ2) is 8.19. The summed E-state index contributed by atoms with van der Waals surface area (Å²) in [6.45, 7) is 6.19. The van der Waals surface area contributed by atoms with Gasteiger partial charge in [0.25, 0.3) is 5.91 Å². The Kier molecular flexibility index (Phi) is 5.98. The van der Waals surface area contributed by atoms with E-state index >= 15 is 0 Å². The van der Waals surface area contributed by atoms with Crippen LogP contribution in [-0.4, -0.2) is 62.4 Å². The third-order valence-corrected chi connectivity index (χ3v) is 4.90. The van der Waals surface area contributed by atoms with E-state index in [1.165, 1.54) is 0 Å². The summed E-state index contributed by atoms with van der Waals surface area (Å²) in [7, 11) is 0. The number of nitrogens with zero attached hydrogens (tertiary/aromatic N) is 2. The Labute approximate surface area is 148 Å². The van der Waals surface area contributed by atoms with Gasteiger partial charge in [0.1, 0.15) is 6.10 Å². The summed E-state index contributed by atoms with van der Waals surface area (Å²) in [5.74, 6) is 0.0683. The van der Waals surface area contributed by atoms with E-state index in [0.717, 1.165) is 43.2 Å². The quantitative estimate of drug-likeness (QED) is 0.816. The highest BCUT2D eigenvalue weighted by Crippen LogP contribution is 2.21. The highest BCUT2D eigenvalue weighted by atomic mass is 35.5. The molecule has 5 nitrogen and oxygen atoms in total. The number of rotatable bonds is 5. The van der Waals surface area contributed by atoms with Crippen LogP contribution in [0.5, 0.6) is 0 Å². The van der Waals surface area contributed by atoms with E-state index in [9.17, 15) is 4.79 Å². The molecule has 132 valence electrons. The molecule has 0 N–H and O–H groups in total. The van der Waals surface area contributed by atoms with Gasteiger partial charge < -0.3 is 19.3 Å². The van der Waals surface area contributed by atoms with E-state index in [2.05, 4.69) is 11.0 Å². The first-order chi connectivity index (χ1) is 11.6. The summed E-state index contributed by atoms with van der Waals surface area (Å²) in [5.41, 5.74) is 1.11. The Balaban J connectivity index is 1.45. The smallest absolute Gasteiger partial charge is 0.251 e. The number of benzene rings is 1. The molecule has 1 amide bonds. The zero-order valence-electron chi connectivity index (χ0n) is 14.1. The van der Waals surface area contributed by atoms with E-state index in [1.807, 2.05) is 30.0 Å². The molecular formula is C18H25ClN2O3. The Morgan fingerprint density at radius 1 is 1.38 bits per heavy atom. The van der Waals surface area contributed by atoms with Gasteiger partial charge in [0.15, 0.2) is 0 Å². The number of carbonyl (C=O) groups excluding carboxylic acids is 1. The van der Waals surface area contributed by atoms with E-state index < -0.39 is 6.10 Å². The SMILES string of the molecule is C[C@H](OC[C@@H]1CCCO1)C(=O)N1CCN(c2cccc(Cl)c2)CC1. The summed E-state index contributed by atoms with van der Waals surface area (Å²) in [6, 6.07) is 7.84. The normalized spacial score (nSPS) is 22.7. The van der Waals surface area contributed by atoms with Crippen LogP contribution in [0.1, 0.15) is 19.8 Å². The molecule has 0 bridgehead atoms. The van der Waals surface area contributed by atoms with E-state index in [-0.39, 0.29) is 12.0 Å². The Hall–Kier alpha value is -1.30. The fraction of sp³-hybridized carbons (Fsp3) is 0.611. The second-order valence-electron chi connectivity index (χ2n) is 6.40. The zero-order chi connectivity index (χ0) is 16.9. The molecular weight excluding hydrogens is 328 g/mol. The van der Waals surface area contributed by atoms with Crippen LogP contribution in [0, 0.1) is 0 Å². The second-order valence-corrected chi connectivity index (χ2v) is 6.84. The molecule has 0 spiro atoms. The van der Waals surface area contributed by atoms with Gasteiger partial charge in [-0.05, 0) is 38.0 Å². The Morgan fingerprint density at radius 2 is 2.17 bits per heavy atom. The molecule has 2 fully saturated rings. The maximum atomic E-state index is 12.5. The number of amides is 1. The average Bonchev–Trinajstić information content (AvgIpc) is 3.13. The van der Waals surface area contributed by atoms with Gasteiger partial charge in [0.05, 0.1) is 12.7 Å². The first-order valence-electron chi connectivity index (χ1n) is 8.66. The van der Waals surface area contributed by atoms with Crippen molar-refractivity contribution in [3.63, 3.8) is 0 Å². The number of ether oxygens (including phenoxy) is 2. The monoisotopic (exact) mass is 352 g/mol. The van der Waals surface area contributed by atoms with Crippen molar-refractivity contribution in [2.24, 2.45) is 0 Å². The molecule has 2 aliphatic rings. The van der Waals surface area contributed by atoms with Crippen LogP contribution >= 0.6 is 11.6 Å². The van der Waals surface area contributed by atoms with Crippen LogP contribution in [0.25, 0.3) is 0 Å². The Bertz CT molecular complexity index is 555. The molecule has 0 unspecified atom stereocenters.